The molecule has 1 aliphatic carbocycles. The summed E-state index contributed by atoms with van der Waals surface area (Å²) in [5.74, 6) is 1.47. The van der Waals surface area contributed by atoms with Crippen LogP contribution in [0, 0.1) is 23.7 Å². The Hall–Kier alpha value is -2.15. The van der Waals surface area contributed by atoms with Gasteiger partial charge in [0.1, 0.15) is 5.76 Å². The summed E-state index contributed by atoms with van der Waals surface area (Å²) in [6.07, 6.45) is 12.4. The Bertz CT molecular complexity index is 940. The number of carbonyl (C=O) groups is 1. The number of ether oxygens (including phenoxy) is 4. The maximum atomic E-state index is 12.1. The maximum Gasteiger partial charge on any atom is 0.310 e. The Morgan fingerprint density at radius 3 is 2.26 bits per heavy atom. The number of aliphatic hydroxyl groups excluding tert-OH is 1. The zero-order valence-corrected chi connectivity index (χ0v) is 26.5. The highest BCUT2D eigenvalue weighted by atomic mass is 16.7. The zero-order valence-electron chi connectivity index (χ0n) is 26.5. The van der Waals surface area contributed by atoms with E-state index in [4.69, 9.17) is 18.9 Å². The van der Waals surface area contributed by atoms with Crippen molar-refractivity contribution >= 4 is 5.97 Å². The first-order chi connectivity index (χ1) is 20.3. The average molecular weight is 585 g/mol. The van der Waals surface area contributed by atoms with Crippen molar-refractivity contribution in [2.75, 3.05) is 33.0 Å². The summed E-state index contributed by atoms with van der Waals surface area (Å²) < 4.78 is 23.6. The molecule has 6 nitrogen and oxygen atoms in total. The smallest absolute Gasteiger partial charge is 0.310 e. The lowest BCUT2D eigenvalue weighted by Gasteiger charge is -2.38. The molecule has 0 spiro atoms. The molecule has 1 heterocycles. The molecule has 6 heteroatoms. The van der Waals surface area contributed by atoms with Crippen molar-refractivity contribution in [2.45, 2.75) is 104 Å². The van der Waals surface area contributed by atoms with Gasteiger partial charge in [0.2, 0.25) is 0 Å². The van der Waals surface area contributed by atoms with Gasteiger partial charge in [-0.25, -0.2) is 0 Å². The highest BCUT2D eigenvalue weighted by Crippen LogP contribution is 2.40. The minimum absolute atomic E-state index is 0.0136. The normalized spacial score (nSPS) is 24.0. The summed E-state index contributed by atoms with van der Waals surface area (Å²) in [5, 5.41) is 9.22. The molecule has 0 bridgehead atoms. The van der Waals surface area contributed by atoms with Crippen LogP contribution in [0.2, 0.25) is 0 Å². The first kappa shape index (κ1) is 34.3. The summed E-state index contributed by atoms with van der Waals surface area (Å²) in [6, 6.07) is 9.44. The Morgan fingerprint density at radius 2 is 1.64 bits per heavy atom. The molecule has 1 saturated carbocycles. The van der Waals surface area contributed by atoms with Crippen LogP contribution in [0.15, 0.2) is 48.8 Å². The first-order valence-electron chi connectivity index (χ1n) is 16.4. The predicted octanol–water partition coefficient (Wildman–Crippen LogP) is 7.75. The minimum Gasteiger partial charge on any atom is -0.494 e. The molecule has 0 radical (unpaired) electrons. The summed E-state index contributed by atoms with van der Waals surface area (Å²) in [7, 11) is 0. The van der Waals surface area contributed by atoms with Gasteiger partial charge in [0.25, 0.3) is 0 Å². The van der Waals surface area contributed by atoms with Gasteiger partial charge in [0, 0.05) is 11.8 Å². The standard InChI is InChI=1S/C36H56O6/c1-6-7-8-10-29-13-15-31(16-14-29)32-17-19-33(20-18-32)34-24-40-35(41-25-34)12-9-11-30(22-39-28(5)26(2)3)23-42-36(38)27(4)21-37/h13-16,27,30,32-35,37H,2,5-12,17-25H2,1,3-4H3. The molecule has 2 fully saturated rings. The van der Waals surface area contributed by atoms with E-state index < -0.39 is 11.9 Å². The van der Waals surface area contributed by atoms with Crippen LogP contribution in [0.4, 0.5) is 0 Å². The monoisotopic (exact) mass is 584 g/mol. The lowest BCUT2D eigenvalue weighted by Crippen LogP contribution is -2.37. The molecule has 1 saturated heterocycles. The molecule has 2 aliphatic rings. The van der Waals surface area contributed by atoms with E-state index in [1.807, 2.05) is 6.92 Å². The number of allylic oxidation sites excluding steroid dienone is 1. The fourth-order valence-corrected chi connectivity index (χ4v) is 6.00. The van der Waals surface area contributed by atoms with Crippen molar-refractivity contribution in [1.29, 1.82) is 0 Å². The predicted molar refractivity (Wildman–Crippen MR) is 168 cm³/mol. The molecule has 236 valence electrons. The van der Waals surface area contributed by atoms with Gasteiger partial charge in [-0.15, -0.1) is 0 Å². The van der Waals surface area contributed by atoms with Crippen molar-refractivity contribution in [1.82, 2.24) is 0 Å². The molecule has 2 atom stereocenters. The van der Waals surface area contributed by atoms with Gasteiger partial charge in [0.05, 0.1) is 39.0 Å². The van der Waals surface area contributed by atoms with Gasteiger partial charge in [-0.3, -0.25) is 4.79 Å². The zero-order chi connectivity index (χ0) is 30.3. The van der Waals surface area contributed by atoms with E-state index in [1.54, 1.807) is 6.92 Å². The fourth-order valence-electron chi connectivity index (χ4n) is 6.00. The molecular weight excluding hydrogens is 528 g/mol. The number of aryl methyl sites for hydroxylation is 1. The Labute approximate surface area is 254 Å². The molecule has 2 unspecified atom stereocenters. The molecule has 1 N–H and O–H groups in total. The summed E-state index contributed by atoms with van der Waals surface area (Å²) in [4.78, 5) is 12.1. The Balaban J connectivity index is 1.35. The largest absolute Gasteiger partial charge is 0.494 e. The van der Waals surface area contributed by atoms with E-state index >= 15 is 0 Å². The van der Waals surface area contributed by atoms with Crippen LogP contribution in [-0.4, -0.2) is 50.4 Å². The quantitative estimate of drug-likeness (QED) is 0.0823. The van der Waals surface area contributed by atoms with Crippen LogP contribution >= 0.6 is 0 Å². The lowest BCUT2D eigenvalue weighted by atomic mass is 9.74. The van der Waals surface area contributed by atoms with Crippen molar-refractivity contribution in [3.8, 4) is 0 Å². The number of rotatable bonds is 18. The molecule has 42 heavy (non-hydrogen) atoms. The number of carbonyl (C=O) groups excluding carboxylic acids is 1. The summed E-state index contributed by atoms with van der Waals surface area (Å²) in [6.45, 7) is 15.5. The number of unbranched alkanes of at least 4 members (excludes halogenated alkanes) is 2. The number of esters is 1. The summed E-state index contributed by atoms with van der Waals surface area (Å²) >= 11 is 0. The van der Waals surface area contributed by atoms with Crippen molar-refractivity contribution in [2.24, 2.45) is 23.7 Å². The second kappa shape index (κ2) is 18.5. The molecule has 1 aromatic carbocycles. The van der Waals surface area contributed by atoms with Gasteiger partial charge >= 0.3 is 5.97 Å². The third kappa shape index (κ3) is 11.5. The van der Waals surface area contributed by atoms with Crippen LogP contribution in [0.25, 0.3) is 0 Å². The molecule has 0 aromatic heterocycles. The van der Waals surface area contributed by atoms with Crippen LogP contribution in [0.5, 0.6) is 0 Å². The van der Waals surface area contributed by atoms with Crippen molar-refractivity contribution < 1.29 is 28.8 Å². The van der Waals surface area contributed by atoms with Gasteiger partial charge in [-0.05, 0) is 100 Å². The second-order valence-corrected chi connectivity index (χ2v) is 12.7. The van der Waals surface area contributed by atoms with E-state index in [2.05, 4.69) is 44.3 Å². The molecule has 1 aromatic rings. The molecular formula is C36H56O6. The van der Waals surface area contributed by atoms with Gasteiger partial charge in [-0.2, -0.15) is 0 Å². The molecule has 3 rings (SSSR count). The average Bonchev–Trinajstić information content (AvgIpc) is 3.02. The third-order valence-corrected chi connectivity index (χ3v) is 9.11. The second-order valence-electron chi connectivity index (χ2n) is 12.7. The van der Waals surface area contributed by atoms with Gasteiger partial charge < -0.3 is 24.1 Å². The van der Waals surface area contributed by atoms with E-state index in [0.717, 1.165) is 38.0 Å². The van der Waals surface area contributed by atoms with Crippen LogP contribution in [0.3, 0.4) is 0 Å². The Kier molecular flexibility index (Phi) is 15.1. The molecule has 1 aliphatic heterocycles. The topological polar surface area (TPSA) is 74.2 Å². The third-order valence-electron chi connectivity index (χ3n) is 9.11. The summed E-state index contributed by atoms with van der Waals surface area (Å²) in [5.41, 5.74) is 3.76. The van der Waals surface area contributed by atoms with E-state index in [9.17, 15) is 9.90 Å². The number of benzene rings is 1. The Morgan fingerprint density at radius 1 is 0.976 bits per heavy atom. The number of hydrogen-bond donors (Lipinski definition) is 1. The minimum atomic E-state index is -0.532. The van der Waals surface area contributed by atoms with Gasteiger partial charge in [0.15, 0.2) is 6.29 Å². The maximum absolute atomic E-state index is 12.1. The van der Waals surface area contributed by atoms with Crippen molar-refractivity contribution in [3.05, 3.63) is 59.9 Å². The highest BCUT2D eigenvalue weighted by molar-refractivity contribution is 5.72. The van der Waals surface area contributed by atoms with Crippen molar-refractivity contribution in [3.63, 3.8) is 0 Å². The molecule has 0 amide bonds. The van der Waals surface area contributed by atoms with E-state index in [1.165, 1.54) is 62.5 Å². The first-order valence-corrected chi connectivity index (χ1v) is 16.4. The fraction of sp³-hybridized carbons (Fsp3) is 0.694. The van der Waals surface area contributed by atoms with E-state index in [0.29, 0.717) is 30.1 Å². The lowest BCUT2D eigenvalue weighted by molar-refractivity contribution is -0.212. The number of aliphatic hydroxyl groups is 1. The number of hydrogen-bond acceptors (Lipinski definition) is 6. The van der Waals surface area contributed by atoms with Crippen LogP contribution < -0.4 is 0 Å². The highest BCUT2D eigenvalue weighted by Gasteiger charge is 2.32. The van der Waals surface area contributed by atoms with E-state index in [-0.39, 0.29) is 25.4 Å². The van der Waals surface area contributed by atoms with Crippen LogP contribution in [0.1, 0.15) is 102 Å². The van der Waals surface area contributed by atoms with Crippen LogP contribution in [-0.2, 0) is 30.2 Å². The van der Waals surface area contributed by atoms with Gasteiger partial charge in [-0.1, -0.05) is 57.2 Å². The SMILES string of the molecule is C=C(C)C(=C)OCC(CCCC1OCC(C2CCC(c3ccc(CCCCC)cc3)CC2)CO1)COC(=O)C(C)CO.